The Labute approximate surface area is 159 Å². The number of anilines is 1. The fraction of sp³-hybridized carbons (Fsp3) is 0. The van der Waals surface area contributed by atoms with Crippen LogP contribution in [0.1, 0.15) is 20.7 Å². The van der Waals surface area contributed by atoms with E-state index in [9.17, 15) is 24.8 Å². The molecule has 3 rings (SSSR count). The predicted molar refractivity (Wildman–Crippen MR) is 100 cm³/mol. The Morgan fingerprint density at radius 2 is 1.32 bits per heavy atom. The first-order chi connectivity index (χ1) is 13.5. The van der Waals surface area contributed by atoms with Gasteiger partial charge in [0.15, 0.2) is 0 Å². The fourth-order valence-electron chi connectivity index (χ4n) is 2.67. The molecular weight excluding hydrogens is 362 g/mol. The average Bonchev–Trinajstić information content (AvgIpc) is 2.72. The summed E-state index contributed by atoms with van der Waals surface area (Å²) in [5, 5.41) is 22.1. The molecule has 0 unspecified atom stereocenters. The number of nitrogens with one attached hydrogen (secondary N) is 2. The lowest BCUT2D eigenvalue weighted by atomic mass is 9.95. The normalized spacial score (nSPS) is 10.1. The highest BCUT2D eigenvalue weighted by Gasteiger charge is 2.15. The van der Waals surface area contributed by atoms with Crippen LogP contribution >= 0.6 is 0 Å². The second kappa shape index (κ2) is 8.00. The number of rotatable bonds is 6. The molecule has 0 saturated carbocycles. The summed E-state index contributed by atoms with van der Waals surface area (Å²) in [7, 11) is 0. The number of carboxylic acids is 1. The zero-order valence-electron chi connectivity index (χ0n) is 14.4. The maximum atomic E-state index is 12.6. The minimum Gasteiger partial charge on any atom is -0.545 e. The van der Waals surface area contributed by atoms with E-state index in [1.54, 1.807) is 42.5 Å². The summed E-state index contributed by atoms with van der Waals surface area (Å²) in [4.78, 5) is 34.2. The molecule has 140 valence electrons. The zero-order chi connectivity index (χ0) is 20.1. The number of hydrogen-bond donors (Lipinski definition) is 2. The number of nitrogens with zero attached hydrogens (tertiary/aromatic N) is 1. The molecular formula is C20H14N3O5-. The molecule has 0 atom stereocenters. The summed E-state index contributed by atoms with van der Waals surface area (Å²) < 4.78 is 0. The molecule has 0 aromatic heterocycles. The summed E-state index contributed by atoms with van der Waals surface area (Å²) in [6.07, 6.45) is 0. The molecule has 3 aromatic rings. The number of amides is 1. The van der Waals surface area contributed by atoms with Crippen molar-refractivity contribution in [3.63, 3.8) is 0 Å². The molecule has 0 aliphatic rings. The van der Waals surface area contributed by atoms with Gasteiger partial charge in [-0.15, -0.1) is 0 Å². The second-order valence-electron chi connectivity index (χ2n) is 5.76. The quantitative estimate of drug-likeness (QED) is 0.503. The summed E-state index contributed by atoms with van der Waals surface area (Å²) in [5.41, 5.74) is 6.59. The van der Waals surface area contributed by atoms with Gasteiger partial charge in [0.2, 0.25) is 0 Å². The topological polar surface area (TPSA) is 124 Å². The molecule has 1 amide bonds. The van der Waals surface area contributed by atoms with Crippen LogP contribution in [-0.4, -0.2) is 16.8 Å². The van der Waals surface area contributed by atoms with Crippen molar-refractivity contribution in [3.05, 3.63) is 94.0 Å². The van der Waals surface area contributed by atoms with Crippen molar-refractivity contribution in [1.82, 2.24) is 5.43 Å². The van der Waals surface area contributed by atoms with Crippen molar-refractivity contribution in [2.45, 2.75) is 0 Å². The lowest BCUT2D eigenvalue weighted by Crippen LogP contribution is -2.30. The number of hydrazine groups is 1. The number of hydrogen-bond acceptors (Lipinski definition) is 6. The van der Waals surface area contributed by atoms with Crippen LogP contribution in [0.15, 0.2) is 72.8 Å². The van der Waals surface area contributed by atoms with Crippen molar-refractivity contribution in [2.75, 3.05) is 5.43 Å². The van der Waals surface area contributed by atoms with Crippen LogP contribution in [-0.2, 0) is 0 Å². The van der Waals surface area contributed by atoms with E-state index >= 15 is 0 Å². The molecule has 0 fully saturated rings. The molecule has 8 heteroatoms. The van der Waals surface area contributed by atoms with Crippen molar-refractivity contribution in [2.24, 2.45) is 0 Å². The van der Waals surface area contributed by atoms with Gasteiger partial charge in [-0.05, 0) is 29.3 Å². The first-order valence-corrected chi connectivity index (χ1v) is 8.18. The van der Waals surface area contributed by atoms with E-state index in [4.69, 9.17) is 0 Å². The summed E-state index contributed by atoms with van der Waals surface area (Å²) in [5.74, 6) is -1.84. The van der Waals surface area contributed by atoms with Gasteiger partial charge in [0.25, 0.3) is 11.6 Å². The first-order valence-electron chi connectivity index (χ1n) is 8.18. The Hall–Kier alpha value is -4.20. The van der Waals surface area contributed by atoms with E-state index in [1.807, 2.05) is 0 Å². The van der Waals surface area contributed by atoms with Crippen LogP contribution in [0.2, 0.25) is 0 Å². The van der Waals surface area contributed by atoms with E-state index in [1.165, 1.54) is 30.3 Å². The van der Waals surface area contributed by atoms with Gasteiger partial charge in [-0.3, -0.25) is 25.8 Å². The molecule has 0 aliphatic carbocycles. The molecule has 28 heavy (non-hydrogen) atoms. The number of non-ortho nitro benzene ring substituents is 1. The van der Waals surface area contributed by atoms with E-state index < -0.39 is 16.8 Å². The number of benzene rings is 3. The van der Waals surface area contributed by atoms with Crippen LogP contribution in [0.25, 0.3) is 11.1 Å². The Kier molecular flexibility index (Phi) is 5.31. The fourth-order valence-corrected chi connectivity index (χ4v) is 2.67. The van der Waals surface area contributed by atoms with Gasteiger partial charge in [0, 0.05) is 23.3 Å². The number of carbonyl (C=O) groups excluding carboxylic acids is 2. The molecule has 8 nitrogen and oxygen atoms in total. The third-order valence-corrected chi connectivity index (χ3v) is 4.01. The smallest absolute Gasteiger partial charge is 0.270 e. The predicted octanol–water partition coefficient (Wildman–Crippen LogP) is 2.38. The number of carboxylic acid groups (broad SMARTS) is 1. The molecule has 0 radical (unpaired) electrons. The van der Waals surface area contributed by atoms with Crippen molar-refractivity contribution in [3.8, 4) is 11.1 Å². The van der Waals surface area contributed by atoms with E-state index in [0.29, 0.717) is 16.8 Å². The third kappa shape index (κ3) is 3.96. The monoisotopic (exact) mass is 376 g/mol. The molecule has 0 spiro atoms. The highest BCUT2D eigenvalue weighted by Crippen LogP contribution is 2.27. The second-order valence-corrected chi connectivity index (χ2v) is 5.76. The van der Waals surface area contributed by atoms with Crippen LogP contribution in [0.4, 0.5) is 11.4 Å². The maximum absolute atomic E-state index is 12.6. The SMILES string of the molecule is O=C([O-])c1ccccc1-c1ccccc1C(=O)NNc1ccc([N+](=O)[O-])cc1. The molecule has 0 heterocycles. The van der Waals surface area contributed by atoms with Crippen LogP contribution < -0.4 is 16.0 Å². The number of carbonyl (C=O) groups is 2. The van der Waals surface area contributed by atoms with E-state index in [0.717, 1.165) is 0 Å². The van der Waals surface area contributed by atoms with Crippen molar-refractivity contribution in [1.29, 1.82) is 0 Å². The average molecular weight is 376 g/mol. The minimum absolute atomic E-state index is 0.0221. The Morgan fingerprint density at radius 1 is 0.786 bits per heavy atom. The molecule has 0 aliphatic heterocycles. The number of aromatic carboxylic acids is 1. The van der Waals surface area contributed by atoms with Gasteiger partial charge in [-0.2, -0.15) is 0 Å². The zero-order valence-corrected chi connectivity index (χ0v) is 14.4. The van der Waals surface area contributed by atoms with E-state index in [2.05, 4.69) is 10.9 Å². The van der Waals surface area contributed by atoms with Gasteiger partial charge in [-0.25, -0.2) is 0 Å². The van der Waals surface area contributed by atoms with Crippen molar-refractivity contribution >= 4 is 23.3 Å². The molecule has 0 saturated heterocycles. The maximum Gasteiger partial charge on any atom is 0.270 e. The first kappa shape index (κ1) is 18.6. The summed E-state index contributed by atoms with van der Waals surface area (Å²) >= 11 is 0. The van der Waals surface area contributed by atoms with Crippen LogP contribution in [0.3, 0.4) is 0 Å². The van der Waals surface area contributed by atoms with Crippen LogP contribution in [0, 0.1) is 10.1 Å². The lowest BCUT2D eigenvalue weighted by Gasteiger charge is -2.15. The molecule has 3 aromatic carbocycles. The van der Waals surface area contributed by atoms with E-state index in [-0.39, 0.29) is 16.8 Å². The highest BCUT2D eigenvalue weighted by atomic mass is 16.6. The number of nitro benzene ring substituents is 1. The Morgan fingerprint density at radius 3 is 1.89 bits per heavy atom. The third-order valence-electron chi connectivity index (χ3n) is 4.01. The van der Waals surface area contributed by atoms with Gasteiger partial charge in [0.1, 0.15) is 0 Å². The molecule has 0 bridgehead atoms. The lowest BCUT2D eigenvalue weighted by molar-refractivity contribution is -0.384. The Bertz CT molecular complexity index is 1050. The Balaban J connectivity index is 1.84. The van der Waals surface area contributed by atoms with Crippen LogP contribution in [0.5, 0.6) is 0 Å². The van der Waals surface area contributed by atoms with Gasteiger partial charge >= 0.3 is 0 Å². The van der Waals surface area contributed by atoms with Gasteiger partial charge in [0.05, 0.1) is 16.6 Å². The largest absolute Gasteiger partial charge is 0.545 e. The minimum atomic E-state index is -1.34. The molecule has 2 N–H and O–H groups in total. The van der Waals surface area contributed by atoms with Gasteiger partial charge in [-0.1, -0.05) is 42.5 Å². The van der Waals surface area contributed by atoms with Crippen molar-refractivity contribution < 1.29 is 19.6 Å². The standard InChI is InChI=1S/C20H15N3O5/c24-19(22-21-13-9-11-14(12-10-13)23(27)28)17-7-3-1-5-15(17)16-6-2-4-8-18(16)20(25)26/h1-12,21H,(H,22,24)(H,25,26)/p-1. The summed E-state index contributed by atoms with van der Waals surface area (Å²) in [6.45, 7) is 0. The highest BCUT2D eigenvalue weighted by molar-refractivity contribution is 6.04. The summed E-state index contributed by atoms with van der Waals surface area (Å²) in [6, 6.07) is 18.3. The number of nitro groups is 1. The van der Waals surface area contributed by atoms with Gasteiger partial charge < -0.3 is 9.90 Å².